The topological polar surface area (TPSA) is 63.9 Å². The maximum Gasteiger partial charge on any atom is 0.230 e. The Kier molecular flexibility index (Phi) is 7.02. The highest BCUT2D eigenvalue weighted by molar-refractivity contribution is 7.98. The monoisotopic (exact) mass is 463 g/mol. The molecule has 164 valence electrons. The van der Waals surface area contributed by atoms with E-state index in [-0.39, 0.29) is 5.91 Å². The molecular formula is C24H25N5OS2. The minimum Gasteiger partial charge on any atom is -0.302 e. The third-order valence-corrected chi connectivity index (χ3v) is 6.94. The number of rotatable bonds is 8. The van der Waals surface area contributed by atoms with E-state index >= 15 is 0 Å². The second-order valence-electron chi connectivity index (χ2n) is 7.20. The molecule has 6 nitrogen and oxygen atoms in total. The number of hydrogen-bond donors (Lipinski definition) is 0. The van der Waals surface area contributed by atoms with Crippen LogP contribution >= 0.6 is 23.1 Å². The Morgan fingerprint density at radius 1 is 1.06 bits per heavy atom. The highest BCUT2D eigenvalue weighted by atomic mass is 32.2. The fourth-order valence-corrected chi connectivity index (χ4v) is 5.28. The zero-order valence-corrected chi connectivity index (χ0v) is 20.0. The molecule has 8 heteroatoms. The second kappa shape index (κ2) is 10.1. The number of anilines is 2. The molecule has 2 heterocycles. The summed E-state index contributed by atoms with van der Waals surface area (Å²) < 4.78 is 2.12. The van der Waals surface area contributed by atoms with E-state index in [9.17, 15) is 4.79 Å². The van der Waals surface area contributed by atoms with Crippen LogP contribution in [0.1, 0.15) is 32.0 Å². The molecule has 2 aromatic heterocycles. The normalized spacial score (nSPS) is 11.0. The Bertz CT molecular complexity index is 1180. The first-order valence-corrected chi connectivity index (χ1v) is 12.4. The van der Waals surface area contributed by atoms with Gasteiger partial charge in [-0.25, -0.2) is 4.98 Å². The molecule has 0 aliphatic heterocycles. The van der Waals surface area contributed by atoms with Crippen molar-refractivity contribution in [1.29, 1.82) is 0 Å². The van der Waals surface area contributed by atoms with Gasteiger partial charge in [0.2, 0.25) is 5.91 Å². The van der Waals surface area contributed by atoms with Gasteiger partial charge in [-0.1, -0.05) is 61.2 Å². The lowest BCUT2D eigenvalue weighted by atomic mass is 10.1. The van der Waals surface area contributed by atoms with Gasteiger partial charge in [0.05, 0.1) is 11.4 Å². The van der Waals surface area contributed by atoms with Crippen molar-refractivity contribution in [1.82, 2.24) is 19.7 Å². The molecule has 32 heavy (non-hydrogen) atoms. The number of carbonyl (C=O) groups is 1. The Hall–Kier alpha value is -2.97. The molecule has 0 N–H and O–H groups in total. The number of thioether (sulfide) groups is 1. The highest BCUT2D eigenvalue weighted by Crippen LogP contribution is 2.32. The maximum atomic E-state index is 12.4. The highest BCUT2D eigenvalue weighted by Gasteiger charge is 2.19. The zero-order valence-electron chi connectivity index (χ0n) is 18.4. The van der Waals surface area contributed by atoms with E-state index in [1.54, 1.807) is 23.6 Å². The van der Waals surface area contributed by atoms with Crippen LogP contribution in [0.4, 0.5) is 10.8 Å². The number of nitrogens with zero attached hydrogens (tertiary/aromatic N) is 5. The number of hydrogen-bond acceptors (Lipinski definition) is 6. The number of aryl methyl sites for hydroxylation is 1. The van der Waals surface area contributed by atoms with Crippen molar-refractivity contribution in [3.05, 3.63) is 71.2 Å². The Morgan fingerprint density at radius 3 is 2.47 bits per heavy atom. The average Bonchev–Trinajstić information content (AvgIpc) is 3.45. The summed E-state index contributed by atoms with van der Waals surface area (Å²) in [6.07, 6.45) is 0.966. The van der Waals surface area contributed by atoms with Crippen molar-refractivity contribution in [3.63, 3.8) is 0 Å². The summed E-state index contributed by atoms with van der Waals surface area (Å²) in [4.78, 5) is 18.8. The minimum absolute atomic E-state index is 0.0546. The van der Waals surface area contributed by atoms with Crippen LogP contribution in [-0.2, 0) is 23.5 Å². The number of thiazole rings is 1. The third kappa shape index (κ3) is 4.76. The van der Waals surface area contributed by atoms with Gasteiger partial charge >= 0.3 is 0 Å². The molecule has 4 rings (SSSR count). The number of aromatic nitrogens is 4. The summed E-state index contributed by atoms with van der Waals surface area (Å²) in [5.74, 6) is 1.47. The fraction of sp³-hybridized carbons (Fsp3) is 0.250. The van der Waals surface area contributed by atoms with Crippen LogP contribution in [0.2, 0.25) is 0 Å². The van der Waals surface area contributed by atoms with E-state index in [1.165, 1.54) is 16.9 Å². The average molecular weight is 464 g/mol. The van der Waals surface area contributed by atoms with E-state index in [4.69, 9.17) is 4.98 Å². The molecule has 1 amide bonds. The molecule has 0 aliphatic rings. The van der Waals surface area contributed by atoms with Crippen LogP contribution in [0.15, 0.2) is 65.1 Å². The first-order valence-electron chi connectivity index (χ1n) is 10.6. The lowest BCUT2D eigenvalue weighted by Gasteiger charge is -2.18. The van der Waals surface area contributed by atoms with E-state index in [1.807, 2.05) is 47.8 Å². The second-order valence-corrected chi connectivity index (χ2v) is 8.98. The number of carbonyl (C=O) groups excluding carboxylic acids is 1. The lowest BCUT2D eigenvalue weighted by molar-refractivity contribution is -0.115. The molecule has 0 saturated heterocycles. The predicted molar refractivity (Wildman–Crippen MR) is 131 cm³/mol. The van der Waals surface area contributed by atoms with E-state index < -0.39 is 0 Å². The first-order chi connectivity index (χ1) is 15.6. The summed E-state index contributed by atoms with van der Waals surface area (Å²) in [5.41, 5.74) is 4.04. The van der Waals surface area contributed by atoms with E-state index in [0.29, 0.717) is 10.9 Å². The van der Waals surface area contributed by atoms with E-state index in [2.05, 4.69) is 40.7 Å². The molecule has 0 atom stereocenters. The summed E-state index contributed by atoms with van der Waals surface area (Å²) in [7, 11) is 0. The van der Waals surface area contributed by atoms with Gasteiger partial charge in [0.15, 0.2) is 16.1 Å². The molecule has 0 saturated carbocycles. The molecule has 0 unspecified atom stereocenters. The SMILES string of the molecule is CCc1ccc(N(C(C)=O)c2nc(CSc3nnc(-c4ccccc4)n3CC)cs2)cc1. The molecule has 0 bridgehead atoms. The standard InChI is InChI=1S/C24H25N5OS2/c1-4-18-11-13-21(14-12-18)29(17(3)30)23-25-20(15-31-23)16-32-24-27-26-22(28(24)5-2)19-9-7-6-8-10-19/h6-15H,4-5,16H2,1-3H3. The Labute approximate surface area is 196 Å². The summed E-state index contributed by atoms with van der Waals surface area (Å²) in [6, 6.07) is 18.1. The largest absolute Gasteiger partial charge is 0.302 e. The lowest BCUT2D eigenvalue weighted by Crippen LogP contribution is -2.22. The smallest absolute Gasteiger partial charge is 0.230 e. The molecule has 0 fully saturated rings. The molecule has 0 radical (unpaired) electrons. The minimum atomic E-state index is -0.0546. The van der Waals surface area contributed by atoms with Crippen molar-refractivity contribution in [2.24, 2.45) is 0 Å². The van der Waals surface area contributed by atoms with Crippen molar-refractivity contribution >= 4 is 39.8 Å². The summed E-state index contributed by atoms with van der Waals surface area (Å²) in [6.45, 7) is 6.56. The van der Waals surface area contributed by atoms with Crippen molar-refractivity contribution in [2.75, 3.05) is 4.90 Å². The van der Waals surface area contributed by atoms with Crippen LogP contribution in [0, 0.1) is 0 Å². The van der Waals surface area contributed by atoms with Gasteiger partial charge in [0, 0.05) is 30.2 Å². The fourth-order valence-electron chi connectivity index (χ4n) is 3.39. The van der Waals surface area contributed by atoms with Crippen LogP contribution in [0.3, 0.4) is 0 Å². The van der Waals surface area contributed by atoms with Crippen LogP contribution < -0.4 is 4.90 Å². The van der Waals surface area contributed by atoms with Gasteiger partial charge < -0.3 is 4.57 Å². The van der Waals surface area contributed by atoms with Crippen LogP contribution in [0.25, 0.3) is 11.4 Å². The molecule has 4 aromatic rings. The summed E-state index contributed by atoms with van der Waals surface area (Å²) in [5, 5.41) is 12.3. The number of amides is 1. The number of benzene rings is 2. The first kappa shape index (κ1) is 22.2. The Balaban J connectivity index is 1.51. The molecule has 2 aromatic carbocycles. The maximum absolute atomic E-state index is 12.4. The molecule has 0 aliphatic carbocycles. The van der Waals surface area contributed by atoms with E-state index in [0.717, 1.165) is 40.9 Å². The quantitative estimate of drug-likeness (QED) is 0.302. The van der Waals surface area contributed by atoms with Crippen LogP contribution in [0.5, 0.6) is 0 Å². The molecule has 0 spiro atoms. The van der Waals surface area contributed by atoms with Crippen molar-refractivity contribution in [3.8, 4) is 11.4 Å². The van der Waals surface area contributed by atoms with Gasteiger partial charge in [-0.05, 0) is 31.0 Å². The molecular weight excluding hydrogens is 438 g/mol. The van der Waals surface area contributed by atoms with Crippen molar-refractivity contribution in [2.45, 2.75) is 44.6 Å². The summed E-state index contributed by atoms with van der Waals surface area (Å²) >= 11 is 3.08. The Morgan fingerprint density at radius 2 is 1.81 bits per heavy atom. The van der Waals surface area contributed by atoms with Gasteiger partial charge in [0.25, 0.3) is 0 Å². The predicted octanol–water partition coefficient (Wildman–Crippen LogP) is 5.96. The third-order valence-electron chi connectivity index (χ3n) is 5.06. The zero-order chi connectivity index (χ0) is 22.5. The van der Waals surface area contributed by atoms with Gasteiger partial charge in [0.1, 0.15) is 0 Å². The van der Waals surface area contributed by atoms with Crippen molar-refractivity contribution < 1.29 is 4.79 Å². The van der Waals surface area contributed by atoms with Crippen LogP contribution in [-0.4, -0.2) is 25.7 Å². The van der Waals surface area contributed by atoms with Gasteiger partial charge in [-0.2, -0.15) is 0 Å². The van der Waals surface area contributed by atoms with Gasteiger partial charge in [-0.3, -0.25) is 9.69 Å². The van der Waals surface area contributed by atoms with Gasteiger partial charge in [-0.15, -0.1) is 21.5 Å².